The SMILES string of the molecule is CCCn1cc(-c2cncn2C(C)(CN)C2CC2)cn1. The van der Waals surface area contributed by atoms with Crippen molar-refractivity contribution in [1.29, 1.82) is 0 Å². The fourth-order valence-corrected chi connectivity index (χ4v) is 2.93. The van der Waals surface area contributed by atoms with Crippen molar-refractivity contribution < 1.29 is 0 Å². The minimum absolute atomic E-state index is 0.0291. The largest absolute Gasteiger partial charge is 0.328 e. The zero-order valence-electron chi connectivity index (χ0n) is 12.3. The summed E-state index contributed by atoms with van der Waals surface area (Å²) in [5.41, 5.74) is 8.28. The van der Waals surface area contributed by atoms with E-state index in [1.807, 2.05) is 23.4 Å². The molecule has 2 aromatic rings. The third-order valence-corrected chi connectivity index (χ3v) is 4.44. The van der Waals surface area contributed by atoms with Crippen molar-refractivity contribution >= 4 is 0 Å². The van der Waals surface area contributed by atoms with Crippen LogP contribution in [0.2, 0.25) is 0 Å². The van der Waals surface area contributed by atoms with Crippen LogP contribution in [0.3, 0.4) is 0 Å². The fourth-order valence-electron chi connectivity index (χ4n) is 2.93. The zero-order valence-corrected chi connectivity index (χ0v) is 12.3. The molecule has 0 bridgehead atoms. The second-order valence-electron chi connectivity index (χ2n) is 5.98. The van der Waals surface area contributed by atoms with Crippen LogP contribution < -0.4 is 5.73 Å². The van der Waals surface area contributed by atoms with E-state index < -0.39 is 0 Å². The van der Waals surface area contributed by atoms with Gasteiger partial charge in [0.2, 0.25) is 0 Å². The predicted molar refractivity (Wildman–Crippen MR) is 79.2 cm³/mol. The molecule has 1 aliphatic carbocycles. The Morgan fingerprint density at radius 1 is 1.40 bits per heavy atom. The molecule has 5 heteroatoms. The normalized spacial score (nSPS) is 18.1. The maximum absolute atomic E-state index is 6.07. The van der Waals surface area contributed by atoms with Crippen LogP contribution in [-0.4, -0.2) is 25.9 Å². The maximum Gasteiger partial charge on any atom is 0.0956 e. The minimum atomic E-state index is -0.0291. The summed E-state index contributed by atoms with van der Waals surface area (Å²) >= 11 is 0. The lowest BCUT2D eigenvalue weighted by atomic mass is 9.95. The van der Waals surface area contributed by atoms with Gasteiger partial charge in [-0.1, -0.05) is 6.92 Å². The molecule has 0 saturated heterocycles. The minimum Gasteiger partial charge on any atom is -0.328 e. The van der Waals surface area contributed by atoms with Gasteiger partial charge in [0.1, 0.15) is 0 Å². The molecule has 0 spiro atoms. The molecule has 2 N–H and O–H groups in total. The quantitative estimate of drug-likeness (QED) is 0.878. The lowest BCUT2D eigenvalue weighted by molar-refractivity contribution is 0.284. The Balaban J connectivity index is 1.96. The van der Waals surface area contributed by atoms with Gasteiger partial charge in [-0.25, -0.2) is 4.98 Å². The molecule has 0 aliphatic heterocycles. The second kappa shape index (κ2) is 5.05. The van der Waals surface area contributed by atoms with E-state index in [-0.39, 0.29) is 5.54 Å². The smallest absolute Gasteiger partial charge is 0.0956 e. The van der Waals surface area contributed by atoms with Crippen molar-refractivity contribution in [2.45, 2.75) is 45.2 Å². The van der Waals surface area contributed by atoms with Gasteiger partial charge >= 0.3 is 0 Å². The van der Waals surface area contributed by atoms with Crippen LogP contribution in [-0.2, 0) is 12.1 Å². The first-order valence-electron chi connectivity index (χ1n) is 7.44. The molecule has 1 fully saturated rings. The number of aromatic nitrogens is 4. The highest BCUT2D eigenvalue weighted by Gasteiger charge is 2.42. The summed E-state index contributed by atoms with van der Waals surface area (Å²) in [6.45, 7) is 5.99. The number of imidazole rings is 1. The topological polar surface area (TPSA) is 61.7 Å². The predicted octanol–water partition coefficient (Wildman–Crippen LogP) is 2.24. The summed E-state index contributed by atoms with van der Waals surface area (Å²) in [6, 6.07) is 0. The Morgan fingerprint density at radius 3 is 2.85 bits per heavy atom. The molecule has 5 nitrogen and oxygen atoms in total. The van der Waals surface area contributed by atoms with Crippen LogP contribution >= 0.6 is 0 Å². The monoisotopic (exact) mass is 273 g/mol. The van der Waals surface area contributed by atoms with Gasteiger partial charge in [-0.15, -0.1) is 0 Å². The highest BCUT2D eigenvalue weighted by Crippen LogP contribution is 2.45. The summed E-state index contributed by atoms with van der Waals surface area (Å²) in [7, 11) is 0. The van der Waals surface area contributed by atoms with Crippen molar-refractivity contribution in [1.82, 2.24) is 19.3 Å². The maximum atomic E-state index is 6.07. The number of hydrogen-bond donors (Lipinski definition) is 1. The number of aryl methyl sites for hydroxylation is 1. The standard InChI is InChI=1S/C15H23N5/c1-3-6-19-9-12(7-18-19)14-8-17-11-20(14)15(2,10-16)13-4-5-13/h7-9,11,13H,3-6,10,16H2,1-2H3. The summed E-state index contributed by atoms with van der Waals surface area (Å²) in [5, 5.41) is 4.42. The van der Waals surface area contributed by atoms with Crippen LogP contribution in [0, 0.1) is 5.92 Å². The Hall–Kier alpha value is -1.62. The Kier molecular flexibility index (Phi) is 3.38. The van der Waals surface area contributed by atoms with E-state index in [9.17, 15) is 0 Å². The van der Waals surface area contributed by atoms with Crippen LogP contribution in [0.4, 0.5) is 0 Å². The Bertz CT molecular complexity index is 581. The molecule has 0 radical (unpaired) electrons. The van der Waals surface area contributed by atoms with Crippen LogP contribution in [0.5, 0.6) is 0 Å². The molecule has 1 atom stereocenters. The van der Waals surface area contributed by atoms with E-state index >= 15 is 0 Å². The molecule has 0 aromatic carbocycles. The molecule has 1 aliphatic rings. The van der Waals surface area contributed by atoms with E-state index in [1.54, 1.807) is 0 Å². The molecule has 20 heavy (non-hydrogen) atoms. The van der Waals surface area contributed by atoms with Crippen LogP contribution in [0.1, 0.15) is 33.1 Å². The number of nitrogens with two attached hydrogens (primary N) is 1. The fraction of sp³-hybridized carbons (Fsp3) is 0.600. The van der Waals surface area contributed by atoms with Gasteiger partial charge in [0.05, 0.1) is 30.0 Å². The molecule has 0 amide bonds. The van der Waals surface area contributed by atoms with Crippen molar-refractivity contribution in [2.24, 2.45) is 11.7 Å². The van der Waals surface area contributed by atoms with Crippen LogP contribution in [0.15, 0.2) is 24.9 Å². The van der Waals surface area contributed by atoms with Gasteiger partial charge < -0.3 is 10.3 Å². The van der Waals surface area contributed by atoms with Gasteiger partial charge in [-0.3, -0.25) is 4.68 Å². The summed E-state index contributed by atoms with van der Waals surface area (Å²) in [5.74, 6) is 0.672. The number of rotatable bonds is 6. The molecule has 1 unspecified atom stereocenters. The highest BCUT2D eigenvalue weighted by atomic mass is 15.3. The lowest BCUT2D eigenvalue weighted by Crippen LogP contribution is -2.40. The third-order valence-electron chi connectivity index (χ3n) is 4.44. The molecular formula is C15H23N5. The Labute approximate surface area is 119 Å². The summed E-state index contributed by atoms with van der Waals surface area (Å²) in [4.78, 5) is 4.35. The van der Waals surface area contributed by atoms with E-state index in [0.29, 0.717) is 12.5 Å². The first-order chi connectivity index (χ1) is 9.69. The second-order valence-corrected chi connectivity index (χ2v) is 5.98. The molecule has 3 rings (SSSR count). The van der Waals surface area contributed by atoms with Crippen molar-refractivity contribution in [3.63, 3.8) is 0 Å². The molecule has 108 valence electrons. The molecule has 2 aromatic heterocycles. The summed E-state index contributed by atoms with van der Waals surface area (Å²) in [6.07, 6.45) is 11.5. The zero-order chi connectivity index (χ0) is 14.2. The van der Waals surface area contributed by atoms with Crippen molar-refractivity contribution in [2.75, 3.05) is 6.54 Å². The van der Waals surface area contributed by atoms with Gasteiger partial charge in [0.15, 0.2) is 0 Å². The van der Waals surface area contributed by atoms with Crippen molar-refractivity contribution in [3.8, 4) is 11.3 Å². The molecule has 2 heterocycles. The van der Waals surface area contributed by atoms with Gasteiger partial charge in [-0.2, -0.15) is 5.10 Å². The first-order valence-corrected chi connectivity index (χ1v) is 7.44. The van der Waals surface area contributed by atoms with Gasteiger partial charge in [-0.05, 0) is 32.1 Å². The van der Waals surface area contributed by atoms with Crippen molar-refractivity contribution in [3.05, 3.63) is 24.9 Å². The third kappa shape index (κ3) is 2.16. The molecule has 1 saturated carbocycles. The van der Waals surface area contributed by atoms with E-state index in [0.717, 1.165) is 24.2 Å². The van der Waals surface area contributed by atoms with E-state index in [1.165, 1.54) is 12.8 Å². The van der Waals surface area contributed by atoms with Gasteiger partial charge in [0, 0.05) is 24.8 Å². The highest BCUT2D eigenvalue weighted by molar-refractivity contribution is 5.57. The molecular weight excluding hydrogens is 250 g/mol. The van der Waals surface area contributed by atoms with E-state index in [4.69, 9.17) is 5.73 Å². The van der Waals surface area contributed by atoms with Crippen LogP contribution in [0.25, 0.3) is 11.3 Å². The summed E-state index contributed by atoms with van der Waals surface area (Å²) < 4.78 is 4.24. The van der Waals surface area contributed by atoms with Gasteiger partial charge in [0.25, 0.3) is 0 Å². The van der Waals surface area contributed by atoms with E-state index in [2.05, 4.69) is 34.7 Å². The average molecular weight is 273 g/mol. The average Bonchev–Trinajstić information content (AvgIpc) is 3.01. The first kappa shape index (κ1) is 13.4. The number of hydrogen-bond acceptors (Lipinski definition) is 3. The Morgan fingerprint density at radius 2 is 2.20 bits per heavy atom. The number of nitrogens with zero attached hydrogens (tertiary/aromatic N) is 4. The lowest BCUT2D eigenvalue weighted by Gasteiger charge is -2.31.